The minimum absolute atomic E-state index is 0.241. The van der Waals surface area contributed by atoms with E-state index in [2.05, 4.69) is 10.4 Å². The zero-order valence-corrected chi connectivity index (χ0v) is 10.5. The third kappa shape index (κ3) is 2.23. The van der Waals surface area contributed by atoms with E-state index in [1.165, 1.54) is 0 Å². The molecule has 0 amide bonds. The number of nitrogens with two attached hydrogens (primary N) is 1. The summed E-state index contributed by atoms with van der Waals surface area (Å²) < 4.78 is 10.7. The number of aromatic nitrogens is 1. The fourth-order valence-electron chi connectivity index (χ4n) is 2.00. The number of hydrogen-bond acceptors (Lipinski definition) is 5. The predicted octanol–water partition coefficient (Wildman–Crippen LogP) is 1.80. The monoisotopic (exact) mass is 247 g/mol. The van der Waals surface area contributed by atoms with Gasteiger partial charge in [0.1, 0.15) is 17.2 Å². The van der Waals surface area contributed by atoms with Crippen molar-refractivity contribution in [3.8, 4) is 5.75 Å². The lowest BCUT2D eigenvalue weighted by Gasteiger charge is -2.17. The van der Waals surface area contributed by atoms with Crippen molar-refractivity contribution < 1.29 is 9.15 Å². The Balaban J connectivity index is 2.45. The minimum Gasteiger partial charge on any atom is -0.495 e. The first-order valence-electron chi connectivity index (χ1n) is 5.83. The second-order valence-electron chi connectivity index (χ2n) is 3.84. The van der Waals surface area contributed by atoms with Gasteiger partial charge in [-0.1, -0.05) is 6.92 Å². The molecule has 2 rings (SSSR count). The summed E-state index contributed by atoms with van der Waals surface area (Å²) in [5.74, 6) is 7.25. The van der Waals surface area contributed by atoms with Gasteiger partial charge in [0.2, 0.25) is 0 Å². The maximum Gasteiger partial charge on any atom is 0.142 e. The van der Waals surface area contributed by atoms with Gasteiger partial charge in [-0.25, -0.2) is 5.43 Å². The van der Waals surface area contributed by atoms with Crippen molar-refractivity contribution in [2.45, 2.75) is 19.4 Å². The first-order chi connectivity index (χ1) is 8.81. The van der Waals surface area contributed by atoms with Crippen molar-refractivity contribution in [2.24, 2.45) is 5.84 Å². The van der Waals surface area contributed by atoms with Gasteiger partial charge in [-0.05, 0) is 18.2 Å². The molecule has 1 atom stereocenters. The number of aryl methyl sites for hydroxylation is 1. The number of ether oxygens (including phenoxy) is 1. The fraction of sp³-hybridized carbons (Fsp3) is 0.308. The zero-order chi connectivity index (χ0) is 13.0. The van der Waals surface area contributed by atoms with E-state index in [1.807, 2.05) is 25.1 Å². The molecule has 96 valence electrons. The van der Waals surface area contributed by atoms with Crippen LogP contribution >= 0.6 is 0 Å². The van der Waals surface area contributed by atoms with Crippen molar-refractivity contribution in [1.82, 2.24) is 10.4 Å². The Kier molecular flexibility index (Phi) is 3.96. The quantitative estimate of drug-likeness (QED) is 0.622. The van der Waals surface area contributed by atoms with Crippen molar-refractivity contribution in [3.05, 3.63) is 47.7 Å². The maximum absolute atomic E-state index is 5.66. The Hall–Kier alpha value is -1.85. The predicted molar refractivity (Wildman–Crippen MR) is 68.0 cm³/mol. The number of methoxy groups -OCH3 is 1. The number of hydrogen-bond donors (Lipinski definition) is 2. The van der Waals surface area contributed by atoms with Crippen LogP contribution in [0.1, 0.15) is 30.0 Å². The van der Waals surface area contributed by atoms with Crippen LogP contribution in [-0.4, -0.2) is 12.1 Å². The van der Waals surface area contributed by atoms with Gasteiger partial charge in [0, 0.05) is 18.2 Å². The van der Waals surface area contributed by atoms with E-state index in [4.69, 9.17) is 15.0 Å². The van der Waals surface area contributed by atoms with Crippen LogP contribution in [0.5, 0.6) is 5.75 Å². The number of nitrogens with one attached hydrogen (secondary N) is 1. The van der Waals surface area contributed by atoms with Crippen LogP contribution in [0, 0.1) is 0 Å². The SMILES string of the molecule is CCc1occc1C(NN)c1ncccc1OC. The molecule has 0 saturated heterocycles. The lowest BCUT2D eigenvalue weighted by atomic mass is 10.0. The molecule has 0 aliphatic heterocycles. The first kappa shape index (κ1) is 12.6. The summed E-state index contributed by atoms with van der Waals surface area (Å²) in [6, 6.07) is 5.34. The number of pyridine rings is 1. The molecule has 0 radical (unpaired) electrons. The highest BCUT2D eigenvalue weighted by Crippen LogP contribution is 2.30. The van der Waals surface area contributed by atoms with Gasteiger partial charge < -0.3 is 9.15 Å². The fourth-order valence-corrected chi connectivity index (χ4v) is 2.00. The van der Waals surface area contributed by atoms with Crippen LogP contribution in [0.2, 0.25) is 0 Å². The molecule has 3 N–H and O–H groups in total. The molecule has 0 bridgehead atoms. The van der Waals surface area contributed by atoms with Crippen LogP contribution in [0.15, 0.2) is 35.1 Å². The van der Waals surface area contributed by atoms with E-state index in [9.17, 15) is 0 Å². The summed E-state index contributed by atoms with van der Waals surface area (Å²) in [7, 11) is 1.62. The summed E-state index contributed by atoms with van der Waals surface area (Å²) in [5.41, 5.74) is 4.50. The second kappa shape index (κ2) is 5.66. The van der Waals surface area contributed by atoms with Crippen LogP contribution in [-0.2, 0) is 6.42 Å². The number of nitrogens with zero attached hydrogens (tertiary/aromatic N) is 1. The maximum atomic E-state index is 5.66. The van der Waals surface area contributed by atoms with Gasteiger partial charge in [0.05, 0.1) is 19.4 Å². The van der Waals surface area contributed by atoms with Crippen molar-refractivity contribution in [1.29, 1.82) is 0 Å². The zero-order valence-electron chi connectivity index (χ0n) is 10.5. The van der Waals surface area contributed by atoms with E-state index >= 15 is 0 Å². The molecular weight excluding hydrogens is 230 g/mol. The smallest absolute Gasteiger partial charge is 0.142 e. The summed E-state index contributed by atoms with van der Waals surface area (Å²) in [5, 5.41) is 0. The molecule has 2 heterocycles. The lowest BCUT2D eigenvalue weighted by Crippen LogP contribution is -2.30. The van der Waals surface area contributed by atoms with Gasteiger partial charge in [-0.2, -0.15) is 0 Å². The van der Waals surface area contributed by atoms with Crippen molar-refractivity contribution in [3.63, 3.8) is 0 Å². The van der Waals surface area contributed by atoms with E-state index in [0.29, 0.717) is 5.75 Å². The molecule has 5 nitrogen and oxygen atoms in total. The third-order valence-electron chi connectivity index (χ3n) is 2.87. The van der Waals surface area contributed by atoms with Crippen molar-refractivity contribution >= 4 is 0 Å². The standard InChI is InChI=1S/C13H17N3O2/c1-3-10-9(6-8-18-10)12(16-14)13-11(17-2)5-4-7-15-13/h4-8,12,16H,3,14H2,1-2H3. The van der Waals surface area contributed by atoms with Gasteiger partial charge in [-0.3, -0.25) is 10.8 Å². The molecule has 0 aliphatic carbocycles. The average molecular weight is 247 g/mol. The average Bonchev–Trinajstić information content (AvgIpc) is 2.88. The minimum atomic E-state index is -0.241. The summed E-state index contributed by atoms with van der Waals surface area (Å²) in [4.78, 5) is 4.34. The molecular formula is C13H17N3O2. The lowest BCUT2D eigenvalue weighted by molar-refractivity contribution is 0.399. The Morgan fingerprint density at radius 2 is 2.33 bits per heavy atom. The molecule has 2 aromatic heterocycles. The van der Waals surface area contributed by atoms with Gasteiger partial charge in [-0.15, -0.1) is 0 Å². The first-order valence-corrected chi connectivity index (χ1v) is 5.83. The topological polar surface area (TPSA) is 73.3 Å². The molecule has 0 fully saturated rings. The van der Waals surface area contributed by atoms with E-state index in [-0.39, 0.29) is 6.04 Å². The summed E-state index contributed by atoms with van der Waals surface area (Å²) in [6.45, 7) is 2.03. The molecule has 0 spiro atoms. The highest BCUT2D eigenvalue weighted by atomic mass is 16.5. The van der Waals surface area contributed by atoms with Gasteiger partial charge >= 0.3 is 0 Å². The van der Waals surface area contributed by atoms with E-state index in [1.54, 1.807) is 19.6 Å². The van der Waals surface area contributed by atoms with Crippen LogP contribution in [0.4, 0.5) is 0 Å². The summed E-state index contributed by atoms with van der Waals surface area (Å²) in [6.07, 6.45) is 4.18. The molecule has 2 aromatic rings. The Bertz CT molecular complexity index is 510. The largest absolute Gasteiger partial charge is 0.495 e. The molecule has 1 unspecified atom stereocenters. The molecule has 0 aromatic carbocycles. The van der Waals surface area contributed by atoms with E-state index < -0.39 is 0 Å². The van der Waals surface area contributed by atoms with Crippen LogP contribution in [0.25, 0.3) is 0 Å². The van der Waals surface area contributed by atoms with Gasteiger partial charge in [0.15, 0.2) is 0 Å². The van der Waals surface area contributed by atoms with Gasteiger partial charge in [0.25, 0.3) is 0 Å². The molecule has 5 heteroatoms. The third-order valence-corrected chi connectivity index (χ3v) is 2.87. The highest BCUT2D eigenvalue weighted by molar-refractivity contribution is 5.37. The number of rotatable bonds is 5. The number of furan rings is 1. The van der Waals surface area contributed by atoms with Crippen LogP contribution in [0.3, 0.4) is 0 Å². The Labute approximate surface area is 106 Å². The van der Waals surface area contributed by atoms with E-state index in [0.717, 1.165) is 23.4 Å². The molecule has 0 saturated carbocycles. The Morgan fingerprint density at radius 1 is 1.50 bits per heavy atom. The normalized spacial score (nSPS) is 12.4. The van der Waals surface area contributed by atoms with Crippen molar-refractivity contribution in [2.75, 3.05) is 7.11 Å². The summed E-state index contributed by atoms with van der Waals surface area (Å²) >= 11 is 0. The van der Waals surface area contributed by atoms with Crippen LogP contribution < -0.4 is 16.0 Å². The molecule has 18 heavy (non-hydrogen) atoms. The molecule has 0 aliphatic rings. The highest BCUT2D eigenvalue weighted by Gasteiger charge is 2.22. The Morgan fingerprint density at radius 3 is 3.00 bits per heavy atom. The second-order valence-corrected chi connectivity index (χ2v) is 3.84. The number of hydrazine groups is 1.